The monoisotopic (exact) mass is 363 g/mol. The third kappa shape index (κ3) is 2.68. The van der Waals surface area contributed by atoms with Gasteiger partial charge in [0.2, 0.25) is 0 Å². The smallest absolute Gasteiger partial charge is 0.296 e. The van der Waals surface area contributed by atoms with Crippen LogP contribution in [0.3, 0.4) is 0 Å². The molecule has 5 nitrogen and oxygen atoms in total. The molecule has 0 saturated carbocycles. The van der Waals surface area contributed by atoms with Crippen molar-refractivity contribution in [1.82, 2.24) is 14.8 Å². The van der Waals surface area contributed by atoms with Crippen LogP contribution in [-0.2, 0) is 15.6 Å². The molecule has 1 aromatic carbocycles. The van der Waals surface area contributed by atoms with E-state index in [4.69, 9.17) is 10.7 Å². The van der Waals surface area contributed by atoms with E-state index in [0.29, 0.717) is 12.4 Å². The zero-order valence-corrected chi connectivity index (χ0v) is 13.4. The van der Waals surface area contributed by atoms with Crippen LogP contribution < -0.4 is 0 Å². The highest BCUT2D eigenvalue weighted by atomic mass is 79.9. The van der Waals surface area contributed by atoms with Crippen molar-refractivity contribution < 1.29 is 8.42 Å². The zero-order valence-electron chi connectivity index (χ0n) is 10.3. The average molecular weight is 365 g/mol. The summed E-state index contributed by atoms with van der Waals surface area (Å²) in [5, 5.41) is 7.39. The van der Waals surface area contributed by atoms with Crippen LogP contribution in [0.5, 0.6) is 0 Å². The predicted molar refractivity (Wildman–Crippen MR) is 76.6 cm³/mol. The van der Waals surface area contributed by atoms with Gasteiger partial charge in [-0.3, -0.25) is 4.57 Å². The summed E-state index contributed by atoms with van der Waals surface area (Å²) in [4.78, 5) is 0. The number of rotatable bonds is 3. The molecule has 102 valence electrons. The summed E-state index contributed by atoms with van der Waals surface area (Å²) in [6.07, 6.45) is 0. The molecule has 0 aliphatic heterocycles. The first kappa shape index (κ1) is 14.5. The number of aromatic nitrogens is 3. The third-order valence-electron chi connectivity index (χ3n) is 2.68. The van der Waals surface area contributed by atoms with Crippen LogP contribution in [0.2, 0.25) is 0 Å². The van der Waals surface area contributed by atoms with Gasteiger partial charge in [-0.1, -0.05) is 18.2 Å². The maximum atomic E-state index is 11.4. The highest BCUT2D eigenvalue weighted by molar-refractivity contribution is 9.10. The van der Waals surface area contributed by atoms with E-state index in [0.717, 1.165) is 15.6 Å². The molecule has 8 heteroatoms. The lowest BCUT2D eigenvalue weighted by atomic mass is 10.1. The summed E-state index contributed by atoms with van der Waals surface area (Å²) in [6.45, 7) is 4.16. The molecule has 0 aliphatic rings. The molecular weight excluding hydrogens is 354 g/mol. The minimum Gasteiger partial charge on any atom is -0.297 e. The topological polar surface area (TPSA) is 64.8 Å². The Morgan fingerprint density at radius 2 is 2.05 bits per heavy atom. The van der Waals surface area contributed by atoms with E-state index in [1.54, 1.807) is 0 Å². The number of aryl methyl sites for hydroxylation is 1. The van der Waals surface area contributed by atoms with Gasteiger partial charge in [0.1, 0.15) is 0 Å². The molecule has 0 unspecified atom stereocenters. The number of halogens is 2. The van der Waals surface area contributed by atoms with Gasteiger partial charge in [0.25, 0.3) is 14.2 Å². The van der Waals surface area contributed by atoms with Gasteiger partial charge in [0.05, 0.1) is 0 Å². The van der Waals surface area contributed by atoms with Crippen LogP contribution >= 0.6 is 26.6 Å². The fourth-order valence-electron chi connectivity index (χ4n) is 1.77. The standard InChI is InChI=1S/C11H11BrClN3O2S/c1-3-16-10(14-15-11(16)19(13,17)18)8-6-4-5-7(2)9(8)12/h4-6H,3H2,1-2H3. The minimum atomic E-state index is -3.91. The molecule has 0 saturated heterocycles. The molecule has 0 aliphatic carbocycles. The Morgan fingerprint density at radius 3 is 2.63 bits per heavy atom. The second-order valence-corrected chi connectivity index (χ2v) is 7.18. The fourth-order valence-corrected chi connectivity index (χ4v) is 3.17. The Labute approximate surface area is 124 Å². The number of hydrogen-bond donors (Lipinski definition) is 0. The SMILES string of the molecule is CCn1c(-c2cccc(C)c2Br)nnc1S(=O)(=O)Cl. The highest BCUT2D eigenvalue weighted by Crippen LogP contribution is 2.31. The molecule has 0 amide bonds. The maximum absolute atomic E-state index is 11.4. The van der Waals surface area contributed by atoms with E-state index < -0.39 is 9.05 Å². The van der Waals surface area contributed by atoms with Crippen molar-refractivity contribution in [3.05, 3.63) is 28.2 Å². The Bertz CT molecular complexity index is 728. The molecule has 2 rings (SSSR count). The van der Waals surface area contributed by atoms with E-state index in [1.165, 1.54) is 4.57 Å². The van der Waals surface area contributed by atoms with Crippen LogP contribution in [-0.4, -0.2) is 23.2 Å². The van der Waals surface area contributed by atoms with E-state index in [-0.39, 0.29) is 5.16 Å². The summed E-state index contributed by atoms with van der Waals surface area (Å²) in [5.74, 6) is 0.470. The van der Waals surface area contributed by atoms with Crippen molar-refractivity contribution in [2.45, 2.75) is 25.5 Å². The largest absolute Gasteiger partial charge is 0.297 e. The molecule has 2 aromatic rings. The molecule has 1 heterocycles. The van der Waals surface area contributed by atoms with Crippen LogP contribution in [0.4, 0.5) is 0 Å². The number of nitrogens with zero attached hydrogens (tertiary/aromatic N) is 3. The lowest BCUT2D eigenvalue weighted by Gasteiger charge is -2.08. The minimum absolute atomic E-state index is 0.236. The lowest BCUT2D eigenvalue weighted by Crippen LogP contribution is -2.06. The van der Waals surface area contributed by atoms with Gasteiger partial charge in [0.15, 0.2) is 5.82 Å². The molecule has 0 bridgehead atoms. The molecule has 0 N–H and O–H groups in total. The molecule has 0 spiro atoms. The second kappa shape index (κ2) is 5.22. The van der Waals surface area contributed by atoms with Gasteiger partial charge < -0.3 is 0 Å². The van der Waals surface area contributed by atoms with Crippen LogP contribution in [0, 0.1) is 6.92 Å². The van der Waals surface area contributed by atoms with Crippen molar-refractivity contribution in [3.8, 4) is 11.4 Å². The number of hydrogen-bond acceptors (Lipinski definition) is 4. The molecule has 1 aromatic heterocycles. The Morgan fingerprint density at radius 1 is 1.37 bits per heavy atom. The number of benzene rings is 1. The maximum Gasteiger partial charge on any atom is 0.296 e. The lowest BCUT2D eigenvalue weighted by molar-refractivity contribution is 0.582. The van der Waals surface area contributed by atoms with Crippen molar-refractivity contribution in [1.29, 1.82) is 0 Å². The van der Waals surface area contributed by atoms with E-state index in [2.05, 4.69) is 26.1 Å². The van der Waals surface area contributed by atoms with E-state index >= 15 is 0 Å². The first-order valence-electron chi connectivity index (χ1n) is 5.49. The summed E-state index contributed by atoms with van der Waals surface area (Å²) < 4.78 is 25.2. The average Bonchev–Trinajstić information content (AvgIpc) is 2.76. The normalized spacial score (nSPS) is 11.8. The van der Waals surface area contributed by atoms with Gasteiger partial charge in [-0.2, -0.15) is 0 Å². The predicted octanol–water partition coefficient (Wildman–Crippen LogP) is 2.96. The van der Waals surface area contributed by atoms with Crippen LogP contribution in [0.1, 0.15) is 12.5 Å². The van der Waals surface area contributed by atoms with Gasteiger partial charge in [-0.25, -0.2) is 8.42 Å². The van der Waals surface area contributed by atoms with Crippen molar-refractivity contribution in [3.63, 3.8) is 0 Å². The van der Waals surface area contributed by atoms with Crippen LogP contribution in [0.25, 0.3) is 11.4 Å². The zero-order chi connectivity index (χ0) is 14.2. The summed E-state index contributed by atoms with van der Waals surface area (Å²) >= 11 is 3.48. The molecule has 19 heavy (non-hydrogen) atoms. The van der Waals surface area contributed by atoms with Crippen molar-refractivity contribution in [2.75, 3.05) is 0 Å². The summed E-state index contributed by atoms with van der Waals surface area (Å²) in [6, 6.07) is 5.66. The van der Waals surface area contributed by atoms with Crippen molar-refractivity contribution >= 4 is 35.7 Å². The highest BCUT2D eigenvalue weighted by Gasteiger charge is 2.23. The molecule has 0 radical (unpaired) electrons. The summed E-state index contributed by atoms with van der Waals surface area (Å²) in [7, 11) is 1.44. The summed E-state index contributed by atoms with van der Waals surface area (Å²) in [5.41, 5.74) is 1.80. The Balaban J connectivity index is 2.71. The van der Waals surface area contributed by atoms with Gasteiger partial charge >= 0.3 is 0 Å². The second-order valence-electron chi connectivity index (χ2n) is 3.92. The Hall–Kier alpha value is -0.920. The first-order chi connectivity index (χ1) is 8.86. The fraction of sp³-hybridized carbons (Fsp3) is 0.273. The van der Waals surface area contributed by atoms with Gasteiger partial charge in [0, 0.05) is 27.3 Å². The quantitative estimate of drug-likeness (QED) is 0.785. The first-order valence-corrected chi connectivity index (χ1v) is 8.59. The van der Waals surface area contributed by atoms with E-state index in [1.807, 2.05) is 32.0 Å². The van der Waals surface area contributed by atoms with Crippen LogP contribution in [0.15, 0.2) is 27.8 Å². The van der Waals surface area contributed by atoms with Gasteiger partial charge in [-0.15, -0.1) is 10.2 Å². The third-order valence-corrected chi connectivity index (χ3v) is 4.89. The van der Waals surface area contributed by atoms with E-state index in [9.17, 15) is 8.42 Å². The molecule has 0 fully saturated rings. The van der Waals surface area contributed by atoms with Gasteiger partial charge in [-0.05, 0) is 35.3 Å². The Kier molecular flexibility index (Phi) is 3.98. The van der Waals surface area contributed by atoms with Crippen molar-refractivity contribution in [2.24, 2.45) is 0 Å². The molecular formula is C11H11BrClN3O2S. The molecule has 0 atom stereocenters.